The van der Waals surface area contributed by atoms with Crippen molar-refractivity contribution >= 4 is 0 Å². The lowest BCUT2D eigenvalue weighted by molar-refractivity contribution is 0.134. The molecule has 3 N–H and O–H groups in total. The average Bonchev–Trinajstić information content (AvgIpc) is 2.36. The molecule has 56 valence electrons. The average molecular weight is 139 g/mol. The predicted octanol–water partition coefficient (Wildman–Crippen LogP) is -0.0380. The first-order valence-electron chi connectivity index (χ1n) is 4.18. The van der Waals surface area contributed by atoms with Gasteiger partial charge in [-0.05, 0) is 42.6 Å². The van der Waals surface area contributed by atoms with Crippen molar-refractivity contribution in [1.82, 2.24) is 0 Å². The van der Waals surface area contributed by atoms with Gasteiger partial charge in [-0.2, -0.15) is 0 Å². The fourth-order valence-electron chi connectivity index (χ4n) is 3.68. The molecule has 0 saturated heterocycles. The fourth-order valence-corrected chi connectivity index (χ4v) is 3.68. The first-order chi connectivity index (χ1) is 4.79. The summed E-state index contributed by atoms with van der Waals surface area (Å²) in [7, 11) is 0. The summed E-state index contributed by atoms with van der Waals surface area (Å²) in [6.07, 6.45) is 2.51. The van der Waals surface area contributed by atoms with Crippen molar-refractivity contribution in [3.8, 4) is 0 Å². The SMILES string of the molecule is NCC12CC3CC1C2C3O. The molecule has 0 aliphatic heterocycles. The Hall–Kier alpha value is -0.0800. The Labute approximate surface area is 60.4 Å². The maximum Gasteiger partial charge on any atom is 0.0605 e. The van der Waals surface area contributed by atoms with Gasteiger partial charge < -0.3 is 10.8 Å². The highest BCUT2D eigenvalue weighted by molar-refractivity contribution is 5.26. The second-order valence-corrected chi connectivity index (χ2v) is 4.26. The van der Waals surface area contributed by atoms with Gasteiger partial charge in [0.15, 0.2) is 0 Å². The van der Waals surface area contributed by atoms with E-state index in [2.05, 4.69) is 0 Å². The van der Waals surface area contributed by atoms with E-state index >= 15 is 0 Å². The van der Waals surface area contributed by atoms with Crippen molar-refractivity contribution in [3.63, 3.8) is 0 Å². The Morgan fingerprint density at radius 3 is 2.60 bits per heavy atom. The van der Waals surface area contributed by atoms with Gasteiger partial charge in [-0.25, -0.2) is 0 Å². The van der Waals surface area contributed by atoms with E-state index < -0.39 is 0 Å². The molecule has 5 unspecified atom stereocenters. The first-order valence-corrected chi connectivity index (χ1v) is 4.18. The van der Waals surface area contributed by atoms with Gasteiger partial charge in [0, 0.05) is 0 Å². The Morgan fingerprint density at radius 1 is 1.60 bits per heavy atom. The number of hydrogen-bond acceptors (Lipinski definition) is 2. The van der Waals surface area contributed by atoms with Gasteiger partial charge >= 0.3 is 0 Å². The van der Waals surface area contributed by atoms with Crippen molar-refractivity contribution in [2.45, 2.75) is 18.9 Å². The third kappa shape index (κ3) is 0.330. The van der Waals surface area contributed by atoms with E-state index in [1.165, 1.54) is 12.8 Å². The summed E-state index contributed by atoms with van der Waals surface area (Å²) in [6.45, 7) is 0.815. The van der Waals surface area contributed by atoms with E-state index in [9.17, 15) is 5.11 Å². The van der Waals surface area contributed by atoms with Crippen LogP contribution in [0.1, 0.15) is 12.8 Å². The topological polar surface area (TPSA) is 46.2 Å². The first kappa shape index (κ1) is 5.56. The van der Waals surface area contributed by atoms with Crippen LogP contribution in [0.25, 0.3) is 0 Å². The van der Waals surface area contributed by atoms with Crippen LogP contribution in [0.5, 0.6) is 0 Å². The molecule has 4 aliphatic rings. The molecule has 4 rings (SSSR count). The maximum atomic E-state index is 9.59. The molecule has 5 atom stereocenters. The maximum absolute atomic E-state index is 9.59. The molecule has 4 fully saturated rings. The molecule has 0 aromatic rings. The summed E-state index contributed by atoms with van der Waals surface area (Å²) < 4.78 is 0. The van der Waals surface area contributed by atoms with Crippen molar-refractivity contribution in [3.05, 3.63) is 0 Å². The van der Waals surface area contributed by atoms with Crippen LogP contribution >= 0.6 is 0 Å². The second kappa shape index (κ2) is 1.28. The smallest absolute Gasteiger partial charge is 0.0605 e. The summed E-state index contributed by atoms with van der Waals surface area (Å²) >= 11 is 0. The van der Waals surface area contributed by atoms with Gasteiger partial charge in [-0.3, -0.25) is 0 Å². The summed E-state index contributed by atoms with van der Waals surface area (Å²) in [4.78, 5) is 0. The van der Waals surface area contributed by atoms with Crippen LogP contribution in [0, 0.1) is 23.2 Å². The van der Waals surface area contributed by atoms with E-state index in [-0.39, 0.29) is 6.10 Å². The number of hydrogen-bond donors (Lipinski definition) is 2. The highest BCUT2D eigenvalue weighted by atomic mass is 16.3. The van der Waals surface area contributed by atoms with Gasteiger partial charge in [0.25, 0.3) is 0 Å². The van der Waals surface area contributed by atoms with Crippen molar-refractivity contribution in [1.29, 1.82) is 0 Å². The van der Waals surface area contributed by atoms with Crippen LogP contribution in [0.15, 0.2) is 0 Å². The molecule has 0 amide bonds. The van der Waals surface area contributed by atoms with E-state index in [1.54, 1.807) is 0 Å². The summed E-state index contributed by atoms with van der Waals surface area (Å²) in [5, 5.41) is 9.59. The minimum Gasteiger partial charge on any atom is -0.393 e. The molecule has 2 nitrogen and oxygen atoms in total. The van der Waals surface area contributed by atoms with Crippen LogP contribution in [-0.4, -0.2) is 17.8 Å². The van der Waals surface area contributed by atoms with Crippen LogP contribution < -0.4 is 5.73 Å². The normalized spacial score (nSPS) is 69.0. The molecule has 0 heterocycles. The Kier molecular flexibility index (Phi) is 0.710. The van der Waals surface area contributed by atoms with Gasteiger partial charge in [0.2, 0.25) is 0 Å². The van der Waals surface area contributed by atoms with Crippen molar-refractivity contribution < 1.29 is 5.11 Å². The third-order valence-corrected chi connectivity index (χ3v) is 4.16. The minimum atomic E-state index is 0.0218. The Morgan fingerprint density at radius 2 is 2.40 bits per heavy atom. The van der Waals surface area contributed by atoms with Crippen molar-refractivity contribution in [2.24, 2.45) is 28.9 Å². The molecule has 0 aromatic heterocycles. The summed E-state index contributed by atoms with van der Waals surface area (Å²) in [5.74, 6) is 2.05. The largest absolute Gasteiger partial charge is 0.393 e. The lowest BCUT2D eigenvalue weighted by atomic mass is 10.1. The minimum absolute atomic E-state index is 0.0218. The van der Waals surface area contributed by atoms with Crippen LogP contribution in [-0.2, 0) is 0 Å². The number of aliphatic hydroxyl groups excluding tert-OH is 1. The molecule has 0 radical (unpaired) electrons. The number of rotatable bonds is 1. The predicted molar refractivity (Wildman–Crippen MR) is 37.2 cm³/mol. The van der Waals surface area contributed by atoms with Crippen LogP contribution in [0.4, 0.5) is 0 Å². The number of aliphatic hydroxyl groups is 1. The summed E-state index contributed by atoms with van der Waals surface area (Å²) in [6, 6.07) is 0. The highest BCUT2D eigenvalue weighted by Gasteiger charge is 2.77. The number of nitrogens with two attached hydrogens (primary N) is 1. The molecule has 0 aromatic carbocycles. The molecule has 10 heavy (non-hydrogen) atoms. The Balaban J connectivity index is 2.01. The van der Waals surface area contributed by atoms with Gasteiger partial charge in [0.1, 0.15) is 0 Å². The van der Waals surface area contributed by atoms with E-state index in [0.717, 1.165) is 12.5 Å². The van der Waals surface area contributed by atoms with E-state index in [0.29, 0.717) is 17.3 Å². The van der Waals surface area contributed by atoms with Gasteiger partial charge in [-0.15, -0.1) is 0 Å². The highest BCUT2D eigenvalue weighted by Crippen LogP contribution is 2.78. The molecule has 0 spiro atoms. The Bertz CT molecular complexity index is 194. The van der Waals surface area contributed by atoms with E-state index in [1.807, 2.05) is 0 Å². The van der Waals surface area contributed by atoms with Gasteiger partial charge in [-0.1, -0.05) is 0 Å². The molecule has 4 bridgehead atoms. The monoisotopic (exact) mass is 139 g/mol. The van der Waals surface area contributed by atoms with Crippen molar-refractivity contribution in [2.75, 3.05) is 6.54 Å². The second-order valence-electron chi connectivity index (χ2n) is 4.26. The quantitative estimate of drug-likeness (QED) is 0.535. The zero-order valence-electron chi connectivity index (χ0n) is 5.96. The summed E-state index contributed by atoms with van der Waals surface area (Å²) in [5.41, 5.74) is 6.11. The third-order valence-electron chi connectivity index (χ3n) is 4.16. The lowest BCUT2D eigenvalue weighted by Crippen LogP contribution is -2.16. The molecule has 4 aliphatic carbocycles. The standard InChI is InChI=1S/C8H13NO/c9-3-8-2-4-1-5(8)6(8)7(4)10/h4-7,10H,1-3,9H2. The molecule has 2 heteroatoms. The zero-order chi connectivity index (χ0) is 6.93. The van der Waals surface area contributed by atoms with E-state index in [4.69, 9.17) is 5.73 Å². The van der Waals surface area contributed by atoms with Crippen LogP contribution in [0.3, 0.4) is 0 Å². The lowest BCUT2D eigenvalue weighted by Gasteiger charge is -2.03. The molecule has 4 saturated carbocycles. The zero-order valence-corrected chi connectivity index (χ0v) is 5.96. The van der Waals surface area contributed by atoms with Gasteiger partial charge in [0.05, 0.1) is 6.10 Å². The molecular weight excluding hydrogens is 126 g/mol. The molecular formula is C8H13NO. The van der Waals surface area contributed by atoms with Crippen LogP contribution in [0.2, 0.25) is 0 Å². The fraction of sp³-hybridized carbons (Fsp3) is 1.00.